The highest BCUT2D eigenvalue weighted by atomic mass is 127. The minimum absolute atomic E-state index is 0.0712. The lowest BCUT2D eigenvalue weighted by Crippen LogP contribution is -2.27. The van der Waals surface area contributed by atoms with Crippen LogP contribution in [0.25, 0.3) is 0 Å². The molecule has 1 heterocycles. The van der Waals surface area contributed by atoms with Crippen molar-refractivity contribution in [1.29, 1.82) is 0 Å². The highest BCUT2D eigenvalue weighted by Gasteiger charge is 2.35. The van der Waals surface area contributed by atoms with Gasteiger partial charge in [0.2, 0.25) is 5.91 Å². The molecule has 1 amide bonds. The lowest BCUT2D eigenvalue weighted by molar-refractivity contribution is -0.115. The summed E-state index contributed by atoms with van der Waals surface area (Å²) in [6.45, 7) is 0.437. The van der Waals surface area contributed by atoms with E-state index >= 15 is 0 Å². The zero-order valence-electron chi connectivity index (χ0n) is 16.5. The van der Waals surface area contributed by atoms with Crippen molar-refractivity contribution in [3.05, 3.63) is 84.9 Å². The van der Waals surface area contributed by atoms with Crippen molar-refractivity contribution in [2.24, 2.45) is 0 Å². The third-order valence-electron chi connectivity index (χ3n) is 4.81. The van der Waals surface area contributed by atoms with Crippen LogP contribution in [0.2, 0.25) is 5.02 Å². The largest absolute Gasteiger partial charge is 0.493 e. The molecule has 1 aliphatic rings. The van der Waals surface area contributed by atoms with Gasteiger partial charge in [0, 0.05) is 15.2 Å². The van der Waals surface area contributed by atoms with Crippen molar-refractivity contribution in [2.45, 2.75) is 12.0 Å². The standard InChI is InChI=1S/C23H18BrClINO3S/c1-29-20-11-15(10-19(26)22(20)30-12-14-2-4-16(24)5-3-14)23-27(21(28)13-31-23)18-8-6-17(25)7-9-18/h2-11,23H,12-13H2,1H3/t23-/m1/s1. The molecule has 0 radical (unpaired) electrons. The van der Waals surface area contributed by atoms with E-state index in [0.717, 1.165) is 24.9 Å². The number of anilines is 1. The van der Waals surface area contributed by atoms with Gasteiger partial charge >= 0.3 is 0 Å². The fraction of sp³-hybridized carbons (Fsp3) is 0.174. The summed E-state index contributed by atoms with van der Waals surface area (Å²) in [7, 11) is 1.63. The molecule has 4 nitrogen and oxygen atoms in total. The Morgan fingerprint density at radius 2 is 1.87 bits per heavy atom. The molecule has 1 saturated heterocycles. The van der Waals surface area contributed by atoms with E-state index in [1.165, 1.54) is 0 Å². The minimum Gasteiger partial charge on any atom is -0.493 e. The van der Waals surface area contributed by atoms with Crippen molar-refractivity contribution in [1.82, 2.24) is 0 Å². The molecule has 0 N–H and O–H groups in total. The van der Waals surface area contributed by atoms with E-state index < -0.39 is 0 Å². The molecule has 0 saturated carbocycles. The Balaban J connectivity index is 1.61. The normalized spacial score (nSPS) is 15.9. The minimum atomic E-state index is -0.142. The van der Waals surface area contributed by atoms with Crippen LogP contribution in [0.5, 0.6) is 11.5 Å². The van der Waals surface area contributed by atoms with Gasteiger partial charge in [0.1, 0.15) is 12.0 Å². The molecular formula is C23H18BrClINO3S. The first kappa shape index (κ1) is 22.8. The van der Waals surface area contributed by atoms with E-state index in [0.29, 0.717) is 28.9 Å². The average Bonchev–Trinajstić information content (AvgIpc) is 3.15. The first-order valence-corrected chi connectivity index (χ1v) is 12.7. The third kappa shape index (κ3) is 5.16. The van der Waals surface area contributed by atoms with E-state index in [9.17, 15) is 4.79 Å². The van der Waals surface area contributed by atoms with Gasteiger partial charge in [-0.05, 0) is 82.2 Å². The number of carbonyl (C=O) groups is 1. The molecule has 8 heteroatoms. The maximum Gasteiger partial charge on any atom is 0.238 e. The van der Waals surface area contributed by atoms with Crippen LogP contribution in [-0.4, -0.2) is 18.8 Å². The Morgan fingerprint density at radius 1 is 1.16 bits per heavy atom. The summed E-state index contributed by atoms with van der Waals surface area (Å²) in [6, 6.07) is 19.4. The second kappa shape index (κ2) is 10.0. The Hall–Kier alpha value is -1.42. The van der Waals surface area contributed by atoms with Gasteiger partial charge in [-0.2, -0.15) is 0 Å². The predicted octanol–water partition coefficient (Wildman–Crippen LogP) is 7.07. The molecule has 1 atom stereocenters. The van der Waals surface area contributed by atoms with Gasteiger partial charge in [-0.1, -0.05) is 39.7 Å². The van der Waals surface area contributed by atoms with Gasteiger partial charge in [0.25, 0.3) is 0 Å². The number of rotatable bonds is 6. The average molecular weight is 631 g/mol. The number of hydrogen-bond donors (Lipinski definition) is 0. The topological polar surface area (TPSA) is 38.8 Å². The van der Waals surface area contributed by atoms with Crippen LogP contribution in [-0.2, 0) is 11.4 Å². The zero-order valence-corrected chi connectivity index (χ0v) is 21.8. The van der Waals surface area contributed by atoms with Crippen molar-refractivity contribution in [3.63, 3.8) is 0 Å². The fourth-order valence-electron chi connectivity index (χ4n) is 3.31. The Morgan fingerprint density at radius 3 is 2.55 bits per heavy atom. The van der Waals surface area contributed by atoms with Crippen LogP contribution in [0.1, 0.15) is 16.5 Å². The van der Waals surface area contributed by atoms with E-state index in [-0.39, 0.29) is 11.3 Å². The number of hydrogen-bond acceptors (Lipinski definition) is 4. The summed E-state index contributed by atoms with van der Waals surface area (Å²) in [6.07, 6.45) is 0. The maximum atomic E-state index is 12.6. The van der Waals surface area contributed by atoms with E-state index in [2.05, 4.69) is 44.6 Å². The van der Waals surface area contributed by atoms with Gasteiger partial charge in [-0.15, -0.1) is 11.8 Å². The molecule has 0 unspecified atom stereocenters. The first-order chi connectivity index (χ1) is 15.0. The quantitative estimate of drug-likeness (QED) is 0.273. The maximum absolute atomic E-state index is 12.6. The molecule has 0 aromatic heterocycles. The van der Waals surface area contributed by atoms with Crippen molar-refractivity contribution in [2.75, 3.05) is 17.8 Å². The molecule has 3 aromatic carbocycles. The van der Waals surface area contributed by atoms with Crippen LogP contribution < -0.4 is 14.4 Å². The van der Waals surface area contributed by atoms with Gasteiger partial charge < -0.3 is 9.47 Å². The van der Waals surface area contributed by atoms with Gasteiger partial charge in [0.15, 0.2) is 11.5 Å². The van der Waals surface area contributed by atoms with Crippen LogP contribution >= 0.6 is 61.9 Å². The molecule has 3 aromatic rings. The molecule has 4 rings (SSSR count). The third-order valence-corrected chi connectivity index (χ3v) is 7.60. The lowest BCUT2D eigenvalue weighted by atomic mass is 10.1. The van der Waals surface area contributed by atoms with Crippen LogP contribution in [0, 0.1) is 3.57 Å². The van der Waals surface area contributed by atoms with E-state index in [1.807, 2.05) is 47.4 Å². The summed E-state index contributed by atoms with van der Waals surface area (Å²) in [5, 5.41) is 0.500. The summed E-state index contributed by atoms with van der Waals surface area (Å²) >= 11 is 13.3. The molecule has 0 aliphatic carbocycles. The van der Waals surface area contributed by atoms with Crippen molar-refractivity contribution in [3.8, 4) is 11.5 Å². The number of thioether (sulfide) groups is 1. The number of amides is 1. The number of methoxy groups -OCH3 is 1. The molecule has 1 fully saturated rings. The Labute approximate surface area is 212 Å². The van der Waals surface area contributed by atoms with Gasteiger partial charge in [0.05, 0.1) is 16.4 Å². The predicted molar refractivity (Wildman–Crippen MR) is 138 cm³/mol. The monoisotopic (exact) mass is 629 g/mol. The smallest absolute Gasteiger partial charge is 0.238 e. The zero-order chi connectivity index (χ0) is 22.0. The Kier molecular flexibility index (Phi) is 7.36. The van der Waals surface area contributed by atoms with Gasteiger partial charge in [-0.3, -0.25) is 9.69 Å². The number of halogens is 3. The number of benzene rings is 3. The first-order valence-electron chi connectivity index (χ1n) is 9.40. The van der Waals surface area contributed by atoms with Crippen molar-refractivity contribution < 1.29 is 14.3 Å². The molecule has 1 aliphatic heterocycles. The van der Waals surface area contributed by atoms with Crippen LogP contribution in [0.3, 0.4) is 0 Å². The van der Waals surface area contributed by atoms with Crippen LogP contribution in [0.15, 0.2) is 65.1 Å². The summed E-state index contributed by atoms with van der Waals surface area (Å²) in [5.41, 5.74) is 2.88. The Bertz CT molecular complexity index is 1100. The van der Waals surface area contributed by atoms with E-state index in [1.54, 1.807) is 31.0 Å². The summed E-state index contributed by atoms with van der Waals surface area (Å²) < 4.78 is 13.7. The lowest BCUT2D eigenvalue weighted by Gasteiger charge is -2.25. The van der Waals surface area contributed by atoms with Gasteiger partial charge in [-0.25, -0.2) is 0 Å². The van der Waals surface area contributed by atoms with Crippen molar-refractivity contribution >= 4 is 73.5 Å². The highest BCUT2D eigenvalue weighted by Crippen LogP contribution is 2.45. The molecule has 0 spiro atoms. The van der Waals surface area contributed by atoms with E-state index in [4.69, 9.17) is 21.1 Å². The number of carbonyl (C=O) groups excluding carboxylic acids is 1. The second-order valence-corrected chi connectivity index (χ2v) is 10.4. The molecular weight excluding hydrogens is 613 g/mol. The van der Waals surface area contributed by atoms with Crippen LogP contribution in [0.4, 0.5) is 5.69 Å². The summed E-state index contributed by atoms with van der Waals surface area (Å²) in [4.78, 5) is 14.5. The number of nitrogens with zero attached hydrogens (tertiary/aromatic N) is 1. The SMILES string of the molecule is COc1cc([C@H]2SCC(=O)N2c2ccc(Cl)cc2)cc(I)c1OCc1ccc(Br)cc1. The second-order valence-electron chi connectivity index (χ2n) is 6.85. The summed E-state index contributed by atoms with van der Waals surface area (Å²) in [5.74, 6) is 1.84. The number of ether oxygens (including phenoxy) is 2. The fourth-order valence-corrected chi connectivity index (χ4v) is 5.64. The molecule has 31 heavy (non-hydrogen) atoms. The molecule has 0 bridgehead atoms. The molecule has 160 valence electrons. The highest BCUT2D eigenvalue weighted by molar-refractivity contribution is 14.1.